The molecule has 0 unspecified atom stereocenters. The second-order valence-electron chi connectivity index (χ2n) is 4.41. The third kappa shape index (κ3) is 1.43. The summed E-state index contributed by atoms with van der Waals surface area (Å²) in [7, 11) is 0. The molecule has 0 N–H and O–H groups in total. The lowest BCUT2D eigenvalue weighted by Gasteiger charge is -2.07. The first-order valence-electron chi connectivity index (χ1n) is 5.76. The van der Waals surface area contributed by atoms with Crippen molar-refractivity contribution in [2.45, 2.75) is 13.8 Å². The quantitative estimate of drug-likeness (QED) is 0.560. The third-order valence-corrected chi connectivity index (χ3v) is 3.15. The molecule has 0 radical (unpaired) electrons. The summed E-state index contributed by atoms with van der Waals surface area (Å²) in [6.45, 7) is 4.04. The van der Waals surface area contributed by atoms with Crippen molar-refractivity contribution in [2.75, 3.05) is 0 Å². The molecule has 3 nitrogen and oxygen atoms in total. The fourth-order valence-corrected chi connectivity index (χ4v) is 2.33. The van der Waals surface area contributed by atoms with Gasteiger partial charge in [0.15, 0.2) is 0 Å². The summed E-state index contributed by atoms with van der Waals surface area (Å²) in [5.41, 5.74) is 4.48. The molecule has 0 saturated heterocycles. The molecular weight excluding hydrogens is 222 g/mol. The molecule has 3 rings (SSSR count). The summed E-state index contributed by atoms with van der Waals surface area (Å²) in [5.74, 6) is 0. The Labute approximate surface area is 105 Å². The van der Waals surface area contributed by atoms with Crippen molar-refractivity contribution in [3.63, 3.8) is 0 Å². The number of hydrogen-bond acceptors (Lipinski definition) is 3. The molecule has 0 aliphatic rings. The van der Waals surface area contributed by atoms with Crippen molar-refractivity contribution in [1.29, 1.82) is 5.26 Å². The van der Waals surface area contributed by atoms with Gasteiger partial charge in [-0.25, -0.2) is 0 Å². The lowest BCUT2D eigenvalue weighted by atomic mass is 10.0. The van der Waals surface area contributed by atoms with Crippen molar-refractivity contribution in [3.8, 4) is 6.07 Å². The van der Waals surface area contributed by atoms with Gasteiger partial charge in [0.25, 0.3) is 0 Å². The van der Waals surface area contributed by atoms with E-state index in [1.54, 1.807) is 12.3 Å². The van der Waals surface area contributed by atoms with Gasteiger partial charge in [0.2, 0.25) is 0 Å². The van der Waals surface area contributed by atoms with E-state index in [1.807, 2.05) is 19.1 Å². The molecule has 18 heavy (non-hydrogen) atoms. The Morgan fingerprint density at radius 1 is 1.06 bits per heavy atom. The molecule has 3 aromatic rings. The second-order valence-corrected chi connectivity index (χ2v) is 4.41. The number of pyridine rings is 2. The molecule has 0 fully saturated rings. The third-order valence-electron chi connectivity index (χ3n) is 3.15. The van der Waals surface area contributed by atoms with E-state index in [9.17, 15) is 0 Å². The molecule has 0 aliphatic carbocycles. The van der Waals surface area contributed by atoms with Gasteiger partial charge in [0.1, 0.15) is 0 Å². The Morgan fingerprint density at radius 2 is 1.83 bits per heavy atom. The van der Waals surface area contributed by atoms with Crippen LogP contribution >= 0.6 is 0 Å². The highest BCUT2D eigenvalue weighted by Gasteiger charge is 2.08. The molecular formula is C15H11N3. The van der Waals surface area contributed by atoms with Gasteiger partial charge < -0.3 is 0 Å². The summed E-state index contributed by atoms with van der Waals surface area (Å²) in [5, 5.41) is 11.1. The van der Waals surface area contributed by atoms with E-state index in [1.165, 1.54) is 5.56 Å². The van der Waals surface area contributed by atoms with E-state index in [0.29, 0.717) is 5.56 Å². The molecule has 0 bridgehead atoms. The average molecular weight is 233 g/mol. The zero-order valence-corrected chi connectivity index (χ0v) is 10.2. The summed E-state index contributed by atoms with van der Waals surface area (Å²) >= 11 is 0. The van der Waals surface area contributed by atoms with Gasteiger partial charge in [-0.1, -0.05) is 12.1 Å². The van der Waals surface area contributed by atoms with Gasteiger partial charge in [-0.3, -0.25) is 9.97 Å². The average Bonchev–Trinajstić information content (AvgIpc) is 2.37. The zero-order valence-electron chi connectivity index (χ0n) is 10.2. The maximum Gasteiger partial charge on any atom is 0.0999 e. The van der Waals surface area contributed by atoms with Crippen LogP contribution in [-0.4, -0.2) is 9.97 Å². The van der Waals surface area contributed by atoms with Gasteiger partial charge in [0.05, 0.1) is 22.7 Å². The van der Waals surface area contributed by atoms with Crippen LogP contribution in [0.2, 0.25) is 0 Å². The zero-order chi connectivity index (χ0) is 12.7. The van der Waals surface area contributed by atoms with Gasteiger partial charge >= 0.3 is 0 Å². The molecule has 0 spiro atoms. The van der Waals surface area contributed by atoms with Crippen molar-refractivity contribution in [2.24, 2.45) is 0 Å². The maximum atomic E-state index is 9.12. The van der Waals surface area contributed by atoms with Crippen LogP contribution in [0.3, 0.4) is 0 Å². The Bertz CT molecular complexity index is 813. The normalized spacial score (nSPS) is 10.7. The summed E-state index contributed by atoms with van der Waals surface area (Å²) < 4.78 is 0. The van der Waals surface area contributed by atoms with Crippen molar-refractivity contribution >= 4 is 21.8 Å². The van der Waals surface area contributed by atoms with E-state index in [4.69, 9.17) is 5.26 Å². The van der Waals surface area contributed by atoms with Crippen molar-refractivity contribution in [1.82, 2.24) is 9.97 Å². The highest BCUT2D eigenvalue weighted by atomic mass is 14.7. The van der Waals surface area contributed by atoms with Crippen LogP contribution in [0.4, 0.5) is 0 Å². The Balaban J connectivity index is 2.59. The van der Waals surface area contributed by atoms with Crippen LogP contribution in [0, 0.1) is 25.2 Å². The van der Waals surface area contributed by atoms with E-state index in [0.717, 1.165) is 27.5 Å². The number of hydrogen-bond donors (Lipinski definition) is 0. The summed E-state index contributed by atoms with van der Waals surface area (Å²) in [4.78, 5) is 8.95. The highest BCUT2D eigenvalue weighted by Crippen LogP contribution is 2.26. The Morgan fingerprint density at radius 3 is 2.61 bits per heavy atom. The lowest BCUT2D eigenvalue weighted by molar-refractivity contribution is 1.23. The van der Waals surface area contributed by atoms with Gasteiger partial charge in [0, 0.05) is 22.7 Å². The van der Waals surface area contributed by atoms with Crippen LogP contribution < -0.4 is 0 Å². The fraction of sp³-hybridized carbons (Fsp3) is 0.133. The minimum Gasteiger partial charge on any atom is -0.254 e. The molecule has 86 valence electrons. The molecule has 0 aliphatic heterocycles. The smallest absolute Gasteiger partial charge is 0.0999 e. The molecule has 1 aromatic carbocycles. The van der Waals surface area contributed by atoms with Crippen molar-refractivity contribution in [3.05, 3.63) is 47.3 Å². The standard InChI is InChI=1S/C15H11N3/c1-9-7-10(2)18-15-12(9)3-4-13-11(8-16)5-6-17-14(13)15/h3-7H,1-2H3. The largest absolute Gasteiger partial charge is 0.254 e. The number of fused-ring (bicyclic) bond motifs is 3. The SMILES string of the molecule is Cc1cc(C)c2ccc3c(C#N)ccnc3c2n1. The minimum absolute atomic E-state index is 0.642. The molecule has 3 heteroatoms. The number of nitrogens with zero attached hydrogens (tertiary/aromatic N) is 3. The van der Waals surface area contributed by atoms with Crippen LogP contribution in [0.15, 0.2) is 30.5 Å². The van der Waals surface area contributed by atoms with E-state index in [2.05, 4.69) is 29.0 Å². The summed E-state index contributed by atoms with van der Waals surface area (Å²) in [6.07, 6.45) is 1.67. The number of aromatic nitrogens is 2. The maximum absolute atomic E-state index is 9.12. The van der Waals surface area contributed by atoms with Gasteiger partial charge in [-0.2, -0.15) is 5.26 Å². The predicted octanol–water partition coefficient (Wildman–Crippen LogP) is 3.27. The van der Waals surface area contributed by atoms with Crippen LogP contribution in [0.1, 0.15) is 16.8 Å². The molecule has 2 aromatic heterocycles. The Hall–Kier alpha value is -2.47. The first-order chi connectivity index (χ1) is 8.70. The topological polar surface area (TPSA) is 49.6 Å². The minimum atomic E-state index is 0.642. The predicted molar refractivity (Wildman–Crippen MR) is 71.2 cm³/mol. The number of rotatable bonds is 0. The number of benzene rings is 1. The van der Waals surface area contributed by atoms with Crippen molar-refractivity contribution < 1.29 is 0 Å². The first kappa shape index (κ1) is 10.7. The van der Waals surface area contributed by atoms with E-state index >= 15 is 0 Å². The Kier molecular flexibility index (Phi) is 2.24. The molecule has 0 amide bonds. The van der Waals surface area contributed by atoms with E-state index < -0.39 is 0 Å². The van der Waals surface area contributed by atoms with Gasteiger partial charge in [-0.05, 0) is 31.5 Å². The lowest BCUT2D eigenvalue weighted by Crippen LogP contribution is -1.91. The highest BCUT2D eigenvalue weighted by molar-refractivity contribution is 6.05. The molecule has 0 saturated carbocycles. The summed E-state index contributed by atoms with van der Waals surface area (Å²) in [6, 6.07) is 9.95. The van der Waals surface area contributed by atoms with Crippen LogP contribution in [0.25, 0.3) is 21.8 Å². The number of aryl methyl sites for hydroxylation is 2. The second kappa shape index (κ2) is 3.78. The monoisotopic (exact) mass is 233 g/mol. The fourth-order valence-electron chi connectivity index (χ4n) is 2.33. The first-order valence-corrected chi connectivity index (χ1v) is 5.76. The number of nitriles is 1. The van der Waals surface area contributed by atoms with E-state index in [-0.39, 0.29) is 0 Å². The van der Waals surface area contributed by atoms with Crippen LogP contribution in [0.5, 0.6) is 0 Å². The van der Waals surface area contributed by atoms with Crippen LogP contribution in [-0.2, 0) is 0 Å². The molecule has 2 heterocycles. The molecule has 0 atom stereocenters. The van der Waals surface area contributed by atoms with Gasteiger partial charge in [-0.15, -0.1) is 0 Å².